The van der Waals surface area contributed by atoms with E-state index in [9.17, 15) is 19.2 Å². The highest BCUT2D eigenvalue weighted by atomic mass is 16.6. The molecule has 38 heavy (non-hydrogen) atoms. The van der Waals surface area contributed by atoms with E-state index in [1.165, 1.54) is 25.5 Å². The zero-order valence-electron chi connectivity index (χ0n) is 20.9. The van der Waals surface area contributed by atoms with E-state index in [0.717, 1.165) is 5.56 Å². The molecule has 1 saturated carbocycles. The molecule has 2 heterocycles. The normalized spacial score (nSPS) is 36.0. The monoisotopic (exact) mass is 522 g/mol. The molecule has 0 spiro atoms. The Bertz CT molecular complexity index is 1240. The highest BCUT2D eigenvalue weighted by Gasteiger charge is 2.67. The van der Waals surface area contributed by atoms with Gasteiger partial charge in [-0.3, -0.25) is 14.4 Å². The Kier molecular flexibility index (Phi) is 6.70. The van der Waals surface area contributed by atoms with Gasteiger partial charge in [0.05, 0.1) is 43.7 Å². The molecule has 1 unspecified atom stereocenters. The van der Waals surface area contributed by atoms with Gasteiger partial charge >= 0.3 is 17.9 Å². The van der Waals surface area contributed by atoms with Gasteiger partial charge in [-0.25, -0.2) is 4.79 Å². The van der Waals surface area contributed by atoms with Crippen LogP contribution in [0.2, 0.25) is 0 Å². The summed E-state index contributed by atoms with van der Waals surface area (Å²) in [7, 11) is 1.21. The fourth-order valence-electron chi connectivity index (χ4n) is 6.30. The third kappa shape index (κ3) is 4.33. The van der Waals surface area contributed by atoms with Crippen LogP contribution in [0.3, 0.4) is 0 Å². The maximum atomic E-state index is 14.0. The Hall–Kier alpha value is -3.76. The van der Waals surface area contributed by atoms with Crippen molar-refractivity contribution >= 4 is 29.8 Å². The van der Waals surface area contributed by atoms with E-state index in [-0.39, 0.29) is 30.9 Å². The molecule has 4 N–H and O–H groups in total. The minimum absolute atomic E-state index is 0.125. The van der Waals surface area contributed by atoms with Crippen molar-refractivity contribution in [3.63, 3.8) is 0 Å². The quantitative estimate of drug-likeness (QED) is 0.329. The Morgan fingerprint density at radius 2 is 1.89 bits per heavy atom. The maximum absolute atomic E-state index is 14.0. The van der Waals surface area contributed by atoms with Crippen molar-refractivity contribution in [1.29, 1.82) is 0 Å². The lowest BCUT2D eigenvalue weighted by Crippen LogP contribution is -2.77. The third-order valence-corrected chi connectivity index (χ3v) is 8.16. The second-order valence-electron chi connectivity index (χ2n) is 10.3. The van der Waals surface area contributed by atoms with Gasteiger partial charge in [0.2, 0.25) is 5.78 Å². The zero-order valence-corrected chi connectivity index (χ0v) is 20.9. The highest BCUT2D eigenvalue weighted by molar-refractivity contribution is 6.04. The number of ether oxygens (including phenoxy) is 4. The van der Waals surface area contributed by atoms with Crippen molar-refractivity contribution in [3.05, 3.63) is 66.1 Å². The van der Waals surface area contributed by atoms with Crippen LogP contribution < -0.4 is 11.5 Å². The van der Waals surface area contributed by atoms with Gasteiger partial charge in [-0.1, -0.05) is 30.3 Å². The van der Waals surface area contributed by atoms with E-state index in [1.807, 2.05) is 18.2 Å². The summed E-state index contributed by atoms with van der Waals surface area (Å²) in [5, 5.41) is 0. The van der Waals surface area contributed by atoms with Crippen LogP contribution in [-0.4, -0.2) is 54.6 Å². The highest BCUT2D eigenvalue weighted by Crippen LogP contribution is 2.54. The Morgan fingerprint density at radius 3 is 2.58 bits per heavy atom. The molecule has 4 aliphatic rings. The molecular weight excluding hydrogens is 492 g/mol. The number of Topliss-reactive ketones (excluding diaryl/α,β-unsaturated/α-hetero) is 1. The summed E-state index contributed by atoms with van der Waals surface area (Å²) in [6, 6.07) is 9.07. The van der Waals surface area contributed by atoms with E-state index in [1.54, 1.807) is 24.3 Å². The number of hydrogen-bond donors (Lipinski definition) is 2. The first kappa shape index (κ1) is 25.9. The second-order valence-corrected chi connectivity index (χ2v) is 10.3. The zero-order chi connectivity index (χ0) is 27.1. The van der Waals surface area contributed by atoms with Crippen LogP contribution in [0.1, 0.15) is 24.8 Å². The number of rotatable bonds is 5. The number of nitrogens with two attached hydrogens (primary N) is 2. The predicted molar refractivity (Wildman–Crippen MR) is 133 cm³/mol. The fraction of sp³-hybridized carbons (Fsp3) is 0.429. The number of hydrogen-bond acceptors (Lipinski definition) is 10. The summed E-state index contributed by atoms with van der Waals surface area (Å²) < 4.78 is 21.5. The van der Waals surface area contributed by atoms with Crippen LogP contribution >= 0.6 is 0 Å². The molecule has 7 atom stereocenters. The summed E-state index contributed by atoms with van der Waals surface area (Å²) in [6.07, 6.45) is 7.15. The lowest BCUT2D eigenvalue weighted by molar-refractivity contribution is -0.182. The number of methoxy groups -OCH3 is 1. The summed E-state index contributed by atoms with van der Waals surface area (Å²) in [6.45, 7) is 0.312. The van der Waals surface area contributed by atoms with Gasteiger partial charge < -0.3 is 30.4 Å². The molecule has 2 fully saturated rings. The van der Waals surface area contributed by atoms with Crippen LogP contribution in [0.15, 0.2) is 60.6 Å². The van der Waals surface area contributed by atoms with E-state index >= 15 is 0 Å². The Balaban J connectivity index is 1.49. The molecule has 2 aliphatic carbocycles. The van der Waals surface area contributed by atoms with Crippen LogP contribution in [0.25, 0.3) is 6.08 Å². The molecule has 1 saturated heterocycles. The van der Waals surface area contributed by atoms with Crippen molar-refractivity contribution in [2.45, 2.75) is 36.4 Å². The summed E-state index contributed by atoms with van der Waals surface area (Å²) >= 11 is 0. The van der Waals surface area contributed by atoms with E-state index < -0.39 is 58.6 Å². The number of carbonyl (C=O) groups excluding carboxylic acids is 4. The van der Waals surface area contributed by atoms with Gasteiger partial charge in [-0.15, -0.1) is 0 Å². The average molecular weight is 523 g/mol. The molecule has 1 aromatic carbocycles. The topological polar surface area (TPSA) is 157 Å². The molecular formula is C28H30N2O8. The van der Waals surface area contributed by atoms with Crippen molar-refractivity contribution in [3.8, 4) is 0 Å². The van der Waals surface area contributed by atoms with Crippen molar-refractivity contribution in [1.82, 2.24) is 0 Å². The molecule has 10 heteroatoms. The number of esters is 3. The molecule has 5 rings (SSSR count). The molecule has 0 aromatic heterocycles. The summed E-state index contributed by atoms with van der Waals surface area (Å²) in [5.41, 5.74) is 11.7. The van der Waals surface area contributed by atoms with Crippen molar-refractivity contribution in [2.24, 2.45) is 35.1 Å². The molecule has 0 radical (unpaired) electrons. The lowest BCUT2D eigenvalue weighted by atomic mass is 9.50. The molecule has 0 bridgehead atoms. The number of allylic oxidation sites excluding steroid dienone is 1. The van der Waals surface area contributed by atoms with Gasteiger partial charge in [0.1, 0.15) is 6.10 Å². The van der Waals surface area contributed by atoms with Crippen LogP contribution in [-0.2, 0) is 38.1 Å². The number of benzene rings is 1. The Morgan fingerprint density at radius 1 is 1.13 bits per heavy atom. The van der Waals surface area contributed by atoms with Crippen LogP contribution in [0.4, 0.5) is 0 Å². The van der Waals surface area contributed by atoms with E-state index in [2.05, 4.69) is 0 Å². The minimum atomic E-state index is -1.45. The lowest BCUT2D eigenvalue weighted by Gasteiger charge is -2.58. The van der Waals surface area contributed by atoms with Gasteiger partial charge in [0, 0.05) is 23.6 Å². The number of cyclic esters (lactones) is 1. The Labute approximate surface area is 219 Å². The molecule has 200 valence electrons. The largest absolute Gasteiger partial charge is 0.501 e. The average Bonchev–Trinajstić information content (AvgIpc) is 3.44. The first-order valence-corrected chi connectivity index (χ1v) is 12.5. The fourth-order valence-corrected chi connectivity index (χ4v) is 6.30. The molecule has 0 amide bonds. The smallest absolute Gasteiger partial charge is 0.336 e. The minimum Gasteiger partial charge on any atom is -0.501 e. The van der Waals surface area contributed by atoms with Crippen LogP contribution in [0, 0.1) is 23.7 Å². The van der Waals surface area contributed by atoms with Crippen molar-refractivity contribution in [2.75, 3.05) is 13.7 Å². The van der Waals surface area contributed by atoms with E-state index in [0.29, 0.717) is 6.61 Å². The van der Waals surface area contributed by atoms with Crippen LogP contribution in [0.5, 0.6) is 0 Å². The number of ketones is 1. The first-order chi connectivity index (χ1) is 18.2. The summed E-state index contributed by atoms with van der Waals surface area (Å²) in [4.78, 5) is 52.7. The van der Waals surface area contributed by atoms with Gasteiger partial charge in [-0.2, -0.15) is 0 Å². The standard InChI is InChI=1S/C28H30N2O8/c1-35-25(33)19-13-20(37-22(31)8-7-16-5-3-2-4-6-16)23(32)24-27(19,29)11-9-18-26(34)38-21(14-28(18,24)30)17-10-12-36-15-17/h2-8,10,12-13,17-19,21,24H,9,11,14-15,29-30H2,1H3/b8-7+/t17?,18-,19-,21-,24-,27+,28+/m0/s1. The SMILES string of the molecule is COC(=O)[C@@H]1C=C(OC(=O)/C=C/c2ccccc2)C(=O)[C@H]2[C@@]1(N)CC[C@H]1C(=O)O[C@H](C3C=COC3)C[C@]21N. The van der Waals surface area contributed by atoms with Gasteiger partial charge in [0.15, 0.2) is 5.76 Å². The summed E-state index contributed by atoms with van der Waals surface area (Å²) in [5.74, 6) is -6.38. The molecule has 10 nitrogen and oxygen atoms in total. The first-order valence-electron chi connectivity index (χ1n) is 12.5. The number of carbonyl (C=O) groups is 4. The number of fused-ring (bicyclic) bond motifs is 3. The maximum Gasteiger partial charge on any atom is 0.336 e. The van der Waals surface area contributed by atoms with E-state index in [4.69, 9.17) is 30.4 Å². The molecule has 1 aromatic rings. The second kappa shape index (κ2) is 9.85. The third-order valence-electron chi connectivity index (χ3n) is 8.16. The van der Waals surface area contributed by atoms with Crippen molar-refractivity contribution < 1.29 is 38.1 Å². The molecule has 2 aliphatic heterocycles. The van der Waals surface area contributed by atoms with Gasteiger partial charge in [-0.05, 0) is 36.6 Å². The predicted octanol–water partition coefficient (Wildman–Crippen LogP) is 1.40. The van der Waals surface area contributed by atoms with Gasteiger partial charge in [0.25, 0.3) is 0 Å².